The van der Waals surface area contributed by atoms with Crippen LogP contribution in [0, 0.1) is 13.8 Å². The molecule has 6 rings (SSSR count). The average Bonchev–Trinajstić information content (AvgIpc) is 3.48. The smallest absolute Gasteiger partial charge is 0.198 e. The van der Waals surface area contributed by atoms with Gasteiger partial charge < -0.3 is 4.57 Å². The van der Waals surface area contributed by atoms with Gasteiger partial charge in [0.1, 0.15) is 11.6 Å². The van der Waals surface area contributed by atoms with Crippen LogP contribution in [0.2, 0.25) is 0 Å². The summed E-state index contributed by atoms with van der Waals surface area (Å²) in [5, 5.41) is 0. The molecule has 5 aromatic rings. The third-order valence-corrected chi connectivity index (χ3v) is 6.59. The first-order valence-corrected chi connectivity index (χ1v) is 11.4. The number of benzene rings is 3. The maximum atomic E-state index is 13.3. The average molecular weight is 459 g/mol. The molecule has 0 atom stereocenters. The molecule has 2 heterocycles. The lowest BCUT2D eigenvalue weighted by molar-refractivity contribution is 0.0990. The van der Waals surface area contributed by atoms with Gasteiger partial charge in [-0.25, -0.2) is 9.97 Å². The molecule has 0 radical (unpaired) electrons. The number of carbonyl (C=O) groups excluding carboxylic acids is 2. The molecule has 35 heavy (non-hydrogen) atoms. The summed E-state index contributed by atoms with van der Waals surface area (Å²) in [5.41, 5.74) is 5.89. The van der Waals surface area contributed by atoms with Gasteiger partial charge in [0.15, 0.2) is 22.9 Å². The van der Waals surface area contributed by atoms with Crippen molar-refractivity contribution >= 4 is 28.9 Å². The molecule has 170 valence electrons. The van der Waals surface area contributed by atoms with Crippen molar-refractivity contribution in [2.75, 3.05) is 0 Å². The molecule has 0 saturated heterocycles. The van der Waals surface area contributed by atoms with E-state index in [-0.39, 0.29) is 17.1 Å². The van der Waals surface area contributed by atoms with Gasteiger partial charge in [0.2, 0.25) is 0 Å². The zero-order valence-electron chi connectivity index (χ0n) is 19.6. The van der Waals surface area contributed by atoms with E-state index in [2.05, 4.69) is 0 Å². The van der Waals surface area contributed by atoms with E-state index >= 15 is 0 Å². The van der Waals surface area contributed by atoms with Crippen LogP contribution in [0.4, 0.5) is 0 Å². The first-order valence-electron chi connectivity index (χ1n) is 11.4. The van der Waals surface area contributed by atoms with Crippen LogP contribution in [0.25, 0.3) is 34.4 Å². The summed E-state index contributed by atoms with van der Waals surface area (Å²) in [6.07, 6.45) is 1.61. The molecule has 0 aliphatic heterocycles. The number of fused-ring (bicyclic) bond motifs is 2. The van der Waals surface area contributed by atoms with Crippen LogP contribution in [0.3, 0.4) is 0 Å². The minimum absolute atomic E-state index is 0.133. The number of aryl methyl sites for hydroxylation is 3. The Morgan fingerprint density at radius 1 is 0.714 bits per heavy atom. The van der Waals surface area contributed by atoms with Crippen molar-refractivity contribution in [3.05, 3.63) is 106 Å². The second-order valence-corrected chi connectivity index (χ2v) is 8.81. The van der Waals surface area contributed by atoms with Crippen LogP contribution in [0.1, 0.15) is 37.7 Å². The van der Waals surface area contributed by atoms with E-state index in [1.807, 2.05) is 103 Å². The molecule has 0 amide bonds. The zero-order chi connectivity index (χ0) is 24.3. The van der Waals surface area contributed by atoms with E-state index < -0.39 is 0 Å². The largest absolute Gasteiger partial charge is 0.310 e. The topological polar surface area (TPSA) is 69.8 Å². The van der Waals surface area contributed by atoms with Crippen molar-refractivity contribution in [1.29, 1.82) is 0 Å². The number of imidazole rings is 2. The first kappa shape index (κ1) is 21.0. The van der Waals surface area contributed by atoms with E-state index in [4.69, 9.17) is 9.97 Å². The summed E-state index contributed by atoms with van der Waals surface area (Å²) in [5.74, 6) is 0.772. The summed E-state index contributed by atoms with van der Waals surface area (Å²) in [7, 11) is 1.92. The SMILES string of the molecule is Cc1ccc(C)c2c1C(=O)C(=Cc1nc3c(nc(-c4ccccc4)n3C)n1-c1ccccc1)C2=O. The molecular weight excluding hydrogens is 436 g/mol. The summed E-state index contributed by atoms with van der Waals surface area (Å²) in [6, 6.07) is 23.4. The van der Waals surface area contributed by atoms with Crippen molar-refractivity contribution in [3.63, 3.8) is 0 Å². The van der Waals surface area contributed by atoms with E-state index in [0.29, 0.717) is 28.2 Å². The summed E-state index contributed by atoms with van der Waals surface area (Å²) in [6.45, 7) is 3.72. The van der Waals surface area contributed by atoms with Crippen molar-refractivity contribution in [1.82, 2.24) is 19.1 Å². The fraction of sp³-hybridized carbons (Fsp3) is 0.103. The molecule has 1 aliphatic rings. The van der Waals surface area contributed by atoms with Gasteiger partial charge in [-0.3, -0.25) is 14.2 Å². The number of hydrogen-bond acceptors (Lipinski definition) is 4. The molecule has 0 unspecified atom stereocenters. The normalized spacial score (nSPS) is 13.1. The minimum Gasteiger partial charge on any atom is -0.310 e. The Labute approximate surface area is 202 Å². The highest BCUT2D eigenvalue weighted by atomic mass is 16.2. The predicted molar refractivity (Wildman–Crippen MR) is 136 cm³/mol. The number of nitrogens with zero attached hydrogens (tertiary/aromatic N) is 4. The van der Waals surface area contributed by atoms with Gasteiger partial charge in [0, 0.05) is 29.4 Å². The number of allylic oxidation sites excluding steroid dienone is 1. The highest BCUT2D eigenvalue weighted by Crippen LogP contribution is 2.34. The quantitative estimate of drug-likeness (QED) is 0.264. The van der Waals surface area contributed by atoms with E-state index in [9.17, 15) is 9.59 Å². The number of Topliss-reactive ketones (excluding diaryl/α,β-unsaturated/α-hetero) is 2. The first-order chi connectivity index (χ1) is 17.0. The Balaban J connectivity index is 1.59. The third-order valence-electron chi connectivity index (χ3n) is 6.59. The monoisotopic (exact) mass is 458 g/mol. The molecular formula is C29H22N4O2. The lowest BCUT2D eigenvalue weighted by Crippen LogP contribution is -2.04. The summed E-state index contributed by atoms with van der Waals surface area (Å²) in [4.78, 5) is 36.5. The number of aromatic nitrogens is 4. The summed E-state index contributed by atoms with van der Waals surface area (Å²) >= 11 is 0. The van der Waals surface area contributed by atoms with Crippen molar-refractivity contribution in [2.45, 2.75) is 13.8 Å². The molecule has 0 bridgehead atoms. The van der Waals surface area contributed by atoms with Crippen molar-refractivity contribution in [3.8, 4) is 17.1 Å². The van der Waals surface area contributed by atoms with Crippen LogP contribution >= 0.6 is 0 Å². The fourth-order valence-electron chi connectivity index (χ4n) is 4.82. The Bertz CT molecular complexity index is 1650. The Morgan fingerprint density at radius 3 is 1.89 bits per heavy atom. The maximum absolute atomic E-state index is 13.3. The van der Waals surface area contributed by atoms with Crippen LogP contribution in [-0.4, -0.2) is 30.7 Å². The van der Waals surface area contributed by atoms with E-state index in [1.54, 1.807) is 6.08 Å². The van der Waals surface area contributed by atoms with Gasteiger partial charge in [-0.05, 0) is 43.2 Å². The molecule has 0 saturated carbocycles. The van der Waals surface area contributed by atoms with Gasteiger partial charge in [-0.1, -0.05) is 60.7 Å². The second-order valence-electron chi connectivity index (χ2n) is 8.81. The van der Waals surface area contributed by atoms with Crippen LogP contribution < -0.4 is 0 Å². The summed E-state index contributed by atoms with van der Waals surface area (Å²) < 4.78 is 3.84. The van der Waals surface area contributed by atoms with Gasteiger partial charge in [0.05, 0.1) is 5.57 Å². The Hall–Kier alpha value is -4.58. The van der Waals surface area contributed by atoms with Gasteiger partial charge in [0.25, 0.3) is 0 Å². The number of carbonyl (C=O) groups is 2. The van der Waals surface area contributed by atoms with E-state index in [0.717, 1.165) is 28.2 Å². The van der Waals surface area contributed by atoms with Crippen LogP contribution in [0.15, 0.2) is 78.4 Å². The maximum Gasteiger partial charge on any atom is 0.198 e. The molecule has 3 aromatic carbocycles. The number of para-hydroxylation sites is 1. The Kier molecular flexibility index (Phi) is 4.64. The highest BCUT2D eigenvalue weighted by molar-refractivity contribution is 6.42. The van der Waals surface area contributed by atoms with E-state index in [1.165, 1.54) is 0 Å². The molecule has 6 nitrogen and oxygen atoms in total. The molecule has 0 N–H and O–H groups in total. The van der Waals surface area contributed by atoms with Crippen molar-refractivity contribution in [2.24, 2.45) is 7.05 Å². The van der Waals surface area contributed by atoms with Crippen LogP contribution in [-0.2, 0) is 7.05 Å². The molecule has 0 spiro atoms. The lowest BCUT2D eigenvalue weighted by atomic mass is 9.99. The number of hydrogen-bond donors (Lipinski definition) is 0. The molecule has 1 aliphatic carbocycles. The third kappa shape index (κ3) is 3.10. The molecule has 2 aromatic heterocycles. The van der Waals surface area contributed by atoms with Crippen molar-refractivity contribution < 1.29 is 9.59 Å². The number of ketones is 2. The minimum atomic E-state index is -0.254. The van der Waals surface area contributed by atoms with Gasteiger partial charge in [-0.2, -0.15) is 0 Å². The molecule has 6 heteroatoms. The zero-order valence-corrected chi connectivity index (χ0v) is 19.6. The number of rotatable bonds is 3. The second kappa shape index (κ2) is 7.74. The molecule has 0 fully saturated rings. The predicted octanol–water partition coefficient (Wildman–Crippen LogP) is 5.51. The standard InChI is InChI=1S/C29H22N4O2/c1-17-14-15-18(2)24-23(17)25(34)21(26(24)35)16-22-30-28-29(33(22)20-12-8-5-9-13-20)31-27(32(28)3)19-10-6-4-7-11-19/h4-16H,1-3H3. The van der Waals surface area contributed by atoms with Crippen LogP contribution in [0.5, 0.6) is 0 Å². The Morgan fingerprint density at radius 2 is 1.29 bits per heavy atom. The van der Waals surface area contributed by atoms with Gasteiger partial charge >= 0.3 is 0 Å². The highest BCUT2D eigenvalue weighted by Gasteiger charge is 2.36. The lowest BCUT2D eigenvalue weighted by Gasteiger charge is -2.06. The fourth-order valence-corrected chi connectivity index (χ4v) is 4.82. The van der Waals surface area contributed by atoms with Gasteiger partial charge in [-0.15, -0.1) is 0 Å².